The smallest absolute Gasteiger partial charge is 0.339 e. The number of esters is 1. The van der Waals surface area contributed by atoms with Gasteiger partial charge in [-0.15, -0.1) is 0 Å². The number of methoxy groups -OCH3 is 1. The Balaban J connectivity index is 1.10. The lowest BCUT2D eigenvalue weighted by molar-refractivity contribution is -0.118. The predicted octanol–water partition coefficient (Wildman–Crippen LogP) is 2.51. The SMILES string of the molecule is COc1ccc2ncc(C(=O)OC[C@H]3CC[C@H](NC(=O)c4ccc5c(n4)NC(=O)CO5)CC3)cc2n1. The third-order valence-corrected chi connectivity index (χ3v) is 6.30. The number of anilines is 1. The van der Waals surface area contributed by atoms with Gasteiger partial charge >= 0.3 is 5.97 Å². The first-order valence-electron chi connectivity index (χ1n) is 11.7. The molecule has 1 fully saturated rings. The fraction of sp³-hybridized carbons (Fsp3) is 0.360. The third kappa shape index (κ3) is 5.19. The Morgan fingerprint density at radius 1 is 1.11 bits per heavy atom. The molecule has 2 amide bonds. The normalized spacial score (nSPS) is 19.0. The summed E-state index contributed by atoms with van der Waals surface area (Å²) in [6, 6.07) is 8.33. The molecule has 0 radical (unpaired) electrons. The summed E-state index contributed by atoms with van der Waals surface area (Å²) in [4.78, 5) is 49.5. The molecule has 5 rings (SSSR count). The second-order valence-corrected chi connectivity index (χ2v) is 8.79. The summed E-state index contributed by atoms with van der Waals surface area (Å²) in [5, 5.41) is 5.61. The summed E-state index contributed by atoms with van der Waals surface area (Å²) in [5.41, 5.74) is 1.77. The number of aromatic nitrogens is 3. The quantitative estimate of drug-likeness (QED) is 0.497. The minimum Gasteiger partial charge on any atom is -0.481 e. The first kappa shape index (κ1) is 23.5. The second kappa shape index (κ2) is 10.1. The van der Waals surface area contributed by atoms with E-state index >= 15 is 0 Å². The number of pyridine rings is 3. The fourth-order valence-corrected chi connectivity index (χ4v) is 4.31. The van der Waals surface area contributed by atoms with Crippen molar-refractivity contribution in [2.45, 2.75) is 31.7 Å². The number of hydrogen-bond acceptors (Lipinski definition) is 9. The number of rotatable bonds is 6. The highest BCUT2D eigenvalue weighted by Crippen LogP contribution is 2.27. The molecule has 0 saturated heterocycles. The lowest BCUT2D eigenvalue weighted by Gasteiger charge is -2.28. The van der Waals surface area contributed by atoms with E-state index in [1.54, 1.807) is 30.3 Å². The number of ether oxygens (including phenoxy) is 3. The van der Waals surface area contributed by atoms with Crippen molar-refractivity contribution in [3.63, 3.8) is 0 Å². The monoisotopic (exact) mass is 491 g/mol. The molecular weight excluding hydrogens is 466 g/mol. The van der Waals surface area contributed by atoms with Crippen LogP contribution in [0.3, 0.4) is 0 Å². The van der Waals surface area contributed by atoms with Crippen molar-refractivity contribution in [3.05, 3.63) is 47.8 Å². The highest BCUT2D eigenvalue weighted by atomic mass is 16.5. The van der Waals surface area contributed by atoms with Gasteiger partial charge in [0.15, 0.2) is 18.2 Å². The number of fused-ring (bicyclic) bond motifs is 2. The molecule has 0 bridgehead atoms. The van der Waals surface area contributed by atoms with Crippen LogP contribution in [0.5, 0.6) is 11.6 Å². The largest absolute Gasteiger partial charge is 0.481 e. The molecule has 1 saturated carbocycles. The van der Waals surface area contributed by atoms with Crippen LogP contribution < -0.4 is 20.1 Å². The third-order valence-electron chi connectivity index (χ3n) is 6.30. The van der Waals surface area contributed by atoms with Crippen LogP contribution in [0, 0.1) is 5.92 Å². The van der Waals surface area contributed by atoms with Crippen LogP contribution in [0.4, 0.5) is 5.82 Å². The maximum absolute atomic E-state index is 12.7. The van der Waals surface area contributed by atoms with E-state index in [0.717, 1.165) is 25.7 Å². The first-order chi connectivity index (χ1) is 17.5. The highest BCUT2D eigenvalue weighted by Gasteiger charge is 2.25. The van der Waals surface area contributed by atoms with Gasteiger partial charge in [0, 0.05) is 18.3 Å². The average molecular weight is 492 g/mol. The number of nitrogens with zero attached hydrogens (tertiary/aromatic N) is 3. The van der Waals surface area contributed by atoms with E-state index in [0.29, 0.717) is 34.8 Å². The molecule has 3 aromatic heterocycles. The van der Waals surface area contributed by atoms with Crippen molar-refractivity contribution in [1.29, 1.82) is 0 Å². The van der Waals surface area contributed by atoms with E-state index in [9.17, 15) is 14.4 Å². The van der Waals surface area contributed by atoms with Gasteiger partial charge in [-0.3, -0.25) is 14.6 Å². The van der Waals surface area contributed by atoms with Gasteiger partial charge in [-0.05, 0) is 55.9 Å². The van der Waals surface area contributed by atoms with Crippen molar-refractivity contribution in [2.24, 2.45) is 5.92 Å². The topological polar surface area (TPSA) is 142 Å². The number of carbonyl (C=O) groups is 3. The summed E-state index contributed by atoms with van der Waals surface area (Å²) < 4.78 is 15.9. The van der Waals surface area contributed by atoms with Crippen LogP contribution in [0.2, 0.25) is 0 Å². The lowest BCUT2D eigenvalue weighted by Crippen LogP contribution is -2.38. The van der Waals surface area contributed by atoms with Gasteiger partial charge in [0.1, 0.15) is 5.69 Å². The molecule has 3 aromatic rings. The van der Waals surface area contributed by atoms with Gasteiger partial charge in [0.05, 0.1) is 30.3 Å². The molecule has 36 heavy (non-hydrogen) atoms. The maximum atomic E-state index is 12.7. The minimum atomic E-state index is -0.445. The first-order valence-corrected chi connectivity index (χ1v) is 11.7. The lowest BCUT2D eigenvalue weighted by atomic mass is 9.86. The minimum absolute atomic E-state index is 0.00105. The summed E-state index contributed by atoms with van der Waals surface area (Å²) >= 11 is 0. The molecule has 1 aliphatic heterocycles. The van der Waals surface area contributed by atoms with Crippen molar-refractivity contribution in [3.8, 4) is 11.6 Å². The van der Waals surface area contributed by atoms with Crippen LogP contribution in [-0.2, 0) is 9.53 Å². The zero-order chi connectivity index (χ0) is 25.1. The molecule has 11 nitrogen and oxygen atoms in total. The standard InChI is InChI=1S/C25H25N5O6/c1-34-22-9-7-17-19(28-22)10-15(11-26-17)25(33)36-12-14-2-4-16(5-3-14)27-24(32)18-6-8-20-23(29-18)30-21(31)13-35-20/h6-11,14,16H,2-5,12-13H2,1H3,(H,27,32)(H,29,30,31)/t14-,16-. The Kier molecular flexibility index (Phi) is 6.61. The molecule has 4 heterocycles. The number of carbonyl (C=O) groups excluding carboxylic acids is 3. The van der Waals surface area contributed by atoms with Crippen molar-refractivity contribution in [1.82, 2.24) is 20.3 Å². The molecule has 2 aliphatic rings. The average Bonchev–Trinajstić information content (AvgIpc) is 2.91. The number of hydrogen-bond donors (Lipinski definition) is 2. The van der Waals surface area contributed by atoms with Crippen LogP contribution in [0.1, 0.15) is 46.5 Å². The van der Waals surface area contributed by atoms with E-state index in [4.69, 9.17) is 14.2 Å². The van der Waals surface area contributed by atoms with Crippen molar-refractivity contribution >= 4 is 34.6 Å². The molecule has 11 heteroatoms. The van der Waals surface area contributed by atoms with Crippen LogP contribution in [0.25, 0.3) is 11.0 Å². The molecule has 0 aromatic carbocycles. The molecule has 0 spiro atoms. The maximum Gasteiger partial charge on any atom is 0.339 e. The number of amides is 2. The van der Waals surface area contributed by atoms with Gasteiger partial charge < -0.3 is 24.8 Å². The molecule has 186 valence electrons. The molecule has 1 aliphatic carbocycles. The van der Waals surface area contributed by atoms with Gasteiger partial charge in [-0.25, -0.2) is 14.8 Å². The van der Waals surface area contributed by atoms with E-state index in [2.05, 4.69) is 25.6 Å². The molecule has 0 unspecified atom stereocenters. The second-order valence-electron chi connectivity index (χ2n) is 8.79. The van der Waals surface area contributed by atoms with Crippen molar-refractivity contribution < 1.29 is 28.6 Å². The number of nitrogens with one attached hydrogen (secondary N) is 2. The van der Waals surface area contributed by atoms with Gasteiger partial charge in [-0.1, -0.05) is 0 Å². The zero-order valence-electron chi connectivity index (χ0n) is 19.7. The van der Waals surface area contributed by atoms with Crippen LogP contribution in [0.15, 0.2) is 36.5 Å². The Labute approximate surface area is 206 Å². The van der Waals surface area contributed by atoms with Gasteiger partial charge in [-0.2, -0.15) is 0 Å². The summed E-state index contributed by atoms with van der Waals surface area (Å²) in [6.45, 7) is 0.236. The van der Waals surface area contributed by atoms with E-state index < -0.39 is 5.97 Å². The van der Waals surface area contributed by atoms with Crippen molar-refractivity contribution in [2.75, 3.05) is 25.6 Å². The summed E-state index contributed by atoms with van der Waals surface area (Å²) in [5.74, 6) is 0.295. The van der Waals surface area contributed by atoms with E-state index in [-0.39, 0.29) is 41.9 Å². The van der Waals surface area contributed by atoms with Crippen LogP contribution in [-0.4, -0.2) is 59.1 Å². The Morgan fingerprint density at radius 2 is 1.94 bits per heavy atom. The van der Waals surface area contributed by atoms with Gasteiger partial charge in [0.25, 0.3) is 11.8 Å². The fourth-order valence-electron chi connectivity index (χ4n) is 4.31. The highest BCUT2D eigenvalue weighted by molar-refractivity contribution is 5.97. The summed E-state index contributed by atoms with van der Waals surface area (Å²) in [6.07, 6.45) is 4.64. The summed E-state index contributed by atoms with van der Waals surface area (Å²) in [7, 11) is 1.53. The Morgan fingerprint density at radius 3 is 2.75 bits per heavy atom. The Hall–Kier alpha value is -4.28. The molecule has 2 N–H and O–H groups in total. The predicted molar refractivity (Wildman–Crippen MR) is 128 cm³/mol. The van der Waals surface area contributed by atoms with E-state index in [1.165, 1.54) is 13.3 Å². The van der Waals surface area contributed by atoms with Crippen LogP contribution >= 0.6 is 0 Å². The van der Waals surface area contributed by atoms with Gasteiger partial charge in [0.2, 0.25) is 5.88 Å². The van der Waals surface area contributed by atoms with E-state index in [1.807, 2.05) is 0 Å². The molecule has 0 atom stereocenters. The Bertz CT molecular complexity index is 1320. The molecular formula is C25H25N5O6. The zero-order valence-corrected chi connectivity index (χ0v) is 19.7.